The Balaban J connectivity index is 2.20. The predicted molar refractivity (Wildman–Crippen MR) is 113 cm³/mol. The van der Waals surface area contributed by atoms with Crippen LogP contribution in [0.1, 0.15) is 30.6 Å². The molecule has 0 saturated heterocycles. The molecule has 2 aromatic carbocycles. The summed E-state index contributed by atoms with van der Waals surface area (Å²) < 4.78 is 0. The van der Waals surface area contributed by atoms with E-state index in [0.29, 0.717) is 12.0 Å². The maximum atomic E-state index is 12.8. The largest absolute Gasteiger partial charge is 0.341 e. The van der Waals surface area contributed by atoms with Gasteiger partial charge in [-0.15, -0.1) is 11.8 Å². The van der Waals surface area contributed by atoms with E-state index in [9.17, 15) is 9.59 Å². The molecule has 0 unspecified atom stereocenters. The van der Waals surface area contributed by atoms with Gasteiger partial charge in [0.2, 0.25) is 5.91 Å². The third-order valence-corrected chi connectivity index (χ3v) is 4.92. The lowest BCUT2D eigenvalue weighted by atomic mass is 10.0. The van der Waals surface area contributed by atoms with Crippen molar-refractivity contribution >= 4 is 23.6 Å². The number of hydrogen-bond acceptors (Lipinski definition) is 4. The van der Waals surface area contributed by atoms with Gasteiger partial charge in [0.1, 0.15) is 12.6 Å². The zero-order valence-corrected chi connectivity index (χ0v) is 17.2. The topological polar surface area (TPSA) is 82.0 Å². The summed E-state index contributed by atoms with van der Waals surface area (Å²) >= 11 is 1.67. The van der Waals surface area contributed by atoms with Gasteiger partial charge in [0, 0.05) is 10.5 Å². The van der Waals surface area contributed by atoms with E-state index in [1.807, 2.05) is 62.6 Å². The molecule has 0 saturated carbocycles. The molecule has 2 amide bonds. The number of nitriles is 1. The van der Waals surface area contributed by atoms with E-state index in [1.165, 1.54) is 0 Å². The Morgan fingerprint density at radius 3 is 2.43 bits per heavy atom. The van der Waals surface area contributed by atoms with Gasteiger partial charge in [0.25, 0.3) is 5.91 Å². The van der Waals surface area contributed by atoms with Gasteiger partial charge >= 0.3 is 0 Å². The zero-order chi connectivity index (χ0) is 20.5. The quantitative estimate of drug-likeness (QED) is 0.525. The van der Waals surface area contributed by atoms with Crippen molar-refractivity contribution in [2.24, 2.45) is 5.92 Å². The SMILES string of the molecule is CSc1cccc(-c2cccc(C(=O)N[C@@H](CC(C)C)C(=O)NCC#N)c2)c1. The maximum absolute atomic E-state index is 12.8. The minimum absolute atomic E-state index is 0.0788. The van der Waals surface area contributed by atoms with Crippen LogP contribution in [-0.2, 0) is 4.79 Å². The maximum Gasteiger partial charge on any atom is 0.251 e. The van der Waals surface area contributed by atoms with Crippen molar-refractivity contribution < 1.29 is 9.59 Å². The summed E-state index contributed by atoms with van der Waals surface area (Å²) in [6, 6.07) is 16.7. The van der Waals surface area contributed by atoms with Crippen LogP contribution < -0.4 is 10.6 Å². The highest BCUT2D eigenvalue weighted by Crippen LogP contribution is 2.25. The summed E-state index contributed by atoms with van der Waals surface area (Å²) in [6.45, 7) is 3.89. The van der Waals surface area contributed by atoms with E-state index in [0.717, 1.165) is 16.0 Å². The van der Waals surface area contributed by atoms with E-state index in [-0.39, 0.29) is 24.3 Å². The molecule has 0 heterocycles. The standard InChI is InChI=1S/C22H25N3O2S/c1-15(2)12-20(22(27)24-11-10-23)25-21(26)18-8-4-6-16(13-18)17-7-5-9-19(14-17)28-3/h4-9,13-15,20H,11-12H2,1-3H3,(H,24,27)(H,25,26)/t20-/m0/s1. The molecule has 2 N–H and O–H groups in total. The Bertz CT molecular complexity index is 874. The number of nitrogens with zero attached hydrogens (tertiary/aromatic N) is 1. The normalized spacial score (nSPS) is 11.5. The second-order valence-corrected chi connectivity index (χ2v) is 7.72. The van der Waals surface area contributed by atoms with Crippen LogP contribution in [-0.4, -0.2) is 30.7 Å². The smallest absolute Gasteiger partial charge is 0.251 e. The monoisotopic (exact) mass is 395 g/mol. The first-order valence-electron chi connectivity index (χ1n) is 9.14. The first-order chi connectivity index (χ1) is 13.4. The number of benzene rings is 2. The Labute approximate surface area is 170 Å². The Kier molecular flexibility index (Phi) is 8.09. The van der Waals surface area contributed by atoms with E-state index in [1.54, 1.807) is 17.8 Å². The first kappa shape index (κ1) is 21.5. The molecule has 0 bridgehead atoms. The molecule has 5 nitrogen and oxygen atoms in total. The van der Waals surface area contributed by atoms with Crippen molar-refractivity contribution in [1.29, 1.82) is 5.26 Å². The highest BCUT2D eigenvalue weighted by Gasteiger charge is 2.22. The number of amides is 2. The van der Waals surface area contributed by atoms with Crippen LogP contribution in [0.15, 0.2) is 53.4 Å². The number of carbonyl (C=O) groups excluding carboxylic acids is 2. The Hall–Kier alpha value is -2.78. The number of thioether (sulfide) groups is 1. The second-order valence-electron chi connectivity index (χ2n) is 6.84. The molecule has 0 spiro atoms. The summed E-state index contributed by atoms with van der Waals surface area (Å²) in [5.41, 5.74) is 2.47. The summed E-state index contributed by atoms with van der Waals surface area (Å²) in [4.78, 5) is 26.2. The van der Waals surface area contributed by atoms with Gasteiger partial charge in [0.05, 0.1) is 6.07 Å². The first-order valence-corrected chi connectivity index (χ1v) is 10.4. The van der Waals surface area contributed by atoms with Crippen LogP contribution in [0.25, 0.3) is 11.1 Å². The van der Waals surface area contributed by atoms with Gasteiger partial charge in [-0.2, -0.15) is 5.26 Å². The van der Waals surface area contributed by atoms with Crippen LogP contribution >= 0.6 is 11.8 Å². The number of carbonyl (C=O) groups is 2. The van der Waals surface area contributed by atoms with E-state index in [4.69, 9.17) is 5.26 Å². The average molecular weight is 396 g/mol. The molecular weight excluding hydrogens is 370 g/mol. The Morgan fingerprint density at radius 1 is 1.11 bits per heavy atom. The minimum atomic E-state index is -0.677. The predicted octanol–water partition coefficient (Wildman–Crippen LogP) is 3.86. The summed E-state index contributed by atoms with van der Waals surface area (Å²) in [6.07, 6.45) is 2.52. The van der Waals surface area contributed by atoms with Gasteiger partial charge in [-0.25, -0.2) is 0 Å². The van der Waals surface area contributed by atoms with Gasteiger partial charge in [-0.1, -0.05) is 38.1 Å². The molecule has 0 aliphatic rings. The van der Waals surface area contributed by atoms with Crippen LogP contribution in [0.5, 0.6) is 0 Å². The molecule has 2 aromatic rings. The molecule has 146 valence electrons. The van der Waals surface area contributed by atoms with Crippen molar-refractivity contribution in [2.75, 3.05) is 12.8 Å². The van der Waals surface area contributed by atoms with Crippen LogP contribution in [0, 0.1) is 17.2 Å². The van der Waals surface area contributed by atoms with Crippen molar-refractivity contribution in [1.82, 2.24) is 10.6 Å². The zero-order valence-electron chi connectivity index (χ0n) is 16.4. The molecule has 6 heteroatoms. The van der Waals surface area contributed by atoms with Gasteiger partial charge in [-0.3, -0.25) is 9.59 Å². The fourth-order valence-electron chi connectivity index (χ4n) is 2.84. The number of nitrogens with one attached hydrogen (secondary N) is 2. The highest BCUT2D eigenvalue weighted by atomic mass is 32.2. The molecule has 0 aliphatic heterocycles. The van der Waals surface area contributed by atoms with Crippen molar-refractivity contribution in [3.63, 3.8) is 0 Å². The molecule has 0 aliphatic carbocycles. The molecule has 1 atom stereocenters. The Morgan fingerprint density at radius 2 is 1.79 bits per heavy atom. The van der Waals surface area contributed by atoms with E-state index < -0.39 is 6.04 Å². The van der Waals surface area contributed by atoms with Crippen molar-refractivity contribution in [3.05, 3.63) is 54.1 Å². The fraction of sp³-hybridized carbons (Fsp3) is 0.318. The molecule has 0 fully saturated rings. The highest BCUT2D eigenvalue weighted by molar-refractivity contribution is 7.98. The van der Waals surface area contributed by atoms with Gasteiger partial charge in [0.15, 0.2) is 0 Å². The van der Waals surface area contributed by atoms with Gasteiger partial charge in [-0.05, 0) is 54.0 Å². The number of hydrogen-bond donors (Lipinski definition) is 2. The van der Waals surface area contributed by atoms with Gasteiger partial charge < -0.3 is 10.6 Å². The third kappa shape index (κ3) is 6.14. The lowest BCUT2D eigenvalue weighted by molar-refractivity contribution is -0.123. The molecular formula is C22H25N3O2S. The molecule has 0 radical (unpaired) electrons. The second kappa shape index (κ2) is 10.5. The van der Waals surface area contributed by atoms with Crippen molar-refractivity contribution in [2.45, 2.75) is 31.2 Å². The van der Waals surface area contributed by atoms with E-state index in [2.05, 4.69) is 16.7 Å². The van der Waals surface area contributed by atoms with Crippen molar-refractivity contribution in [3.8, 4) is 17.2 Å². The average Bonchev–Trinajstić information content (AvgIpc) is 2.71. The number of rotatable bonds is 8. The van der Waals surface area contributed by atoms with E-state index >= 15 is 0 Å². The third-order valence-electron chi connectivity index (χ3n) is 4.20. The summed E-state index contributed by atoms with van der Waals surface area (Å²) in [5.74, 6) is -0.424. The summed E-state index contributed by atoms with van der Waals surface area (Å²) in [7, 11) is 0. The summed E-state index contributed by atoms with van der Waals surface area (Å²) in [5, 5.41) is 14.0. The lowest BCUT2D eigenvalue weighted by Gasteiger charge is -2.19. The lowest BCUT2D eigenvalue weighted by Crippen LogP contribution is -2.47. The van der Waals surface area contributed by atoms with Crippen LogP contribution in [0.3, 0.4) is 0 Å². The van der Waals surface area contributed by atoms with Crippen LogP contribution in [0.4, 0.5) is 0 Å². The molecule has 28 heavy (non-hydrogen) atoms. The fourth-order valence-corrected chi connectivity index (χ4v) is 3.30. The molecule has 0 aromatic heterocycles. The van der Waals surface area contributed by atoms with Crippen LogP contribution in [0.2, 0.25) is 0 Å². The molecule has 2 rings (SSSR count). The minimum Gasteiger partial charge on any atom is -0.341 e.